The summed E-state index contributed by atoms with van der Waals surface area (Å²) in [5.74, 6) is 0.247. The fraction of sp³-hybridized carbons (Fsp3) is 0.250. The van der Waals surface area contributed by atoms with E-state index in [0.29, 0.717) is 13.1 Å². The van der Waals surface area contributed by atoms with Crippen molar-refractivity contribution in [1.82, 2.24) is 9.78 Å². The van der Waals surface area contributed by atoms with Gasteiger partial charge in [-0.15, -0.1) is 0 Å². The van der Waals surface area contributed by atoms with Crippen molar-refractivity contribution in [2.45, 2.75) is 13.1 Å². The van der Waals surface area contributed by atoms with Crippen LogP contribution in [0, 0.1) is 10.1 Å². The summed E-state index contributed by atoms with van der Waals surface area (Å²) in [7, 11) is 1.41. The van der Waals surface area contributed by atoms with Gasteiger partial charge in [0, 0.05) is 24.4 Å². The van der Waals surface area contributed by atoms with Crippen LogP contribution < -0.4 is 10.5 Å². The molecule has 1 aromatic carbocycles. The standard InChI is InChI=1S/C12H14N4O3/c1-19-12-3-2-9(4-11(12)16(17)18)7-15-8-10(5-13)6-14-15/h2-4,6,8H,5,7,13H2,1H3. The number of methoxy groups -OCH3 is 1. The number of rotatable bonds is 5. The molecule has 1 aromatic heterocycles. The lowest BCUT2D eigenvalue weighted by Crippen LogP contribution is -2.02. The maximum Gasteiger partial charge on any atom is 0.311 e. The minimum absolute atomic E-state index is 0.0498. The molecule has 7 nitrogen and oxygen atoms in total. The van der Waals surface area contributed by atoms with Gasteiger partial charge in [-0.3, -0.25) is 14.8 Å². The van der Waals surface area contributed by atoms with Gasteiger partial charge in [0.1, 0.15) is 0 Å². The second-order valence-electron chi connectivity index (χ2n) is 4.01. The van der Waals surface area contributed by atoms with Gasteiger partial charge >= 0.3 is 5.69 Å². The van der Waals surface area contributed by atoms with Crippen molar-refractivity contribution in [1.29, 1.82) is 0 Å². The van der Waals surface area contributed by atoms with E-state index in [2.05, 4.69) is 5.10 Å². The number of nitro groups is 1. The first kappa shape index (κ1) is 13.0. The van der Waals surface area contributed by atoms with E-state index in [1.54, 1.807) is 23.0 Å². The fourth-order valence-electron chi connectivity index (χ4n) is 1.76. The summed E-state index contributed by atoms with van der Waals surface area (Å²) in [6.07, 6.45) is 3.49. The van der Waals surface area contributed by atoms with Gasteiger partial charge in [0.05, 0.1) is 24.8 Å². The molecule has 0 aliphatic carbocycles. The average Bonchev–Trinajstić information content (AvgIpc) is 2.86. The Morgan fingerprint density at radius 1 is 1.47 bits per heavy atom. The SMILES string of the molecule is COc1ccc(Cn2cc(CN)cn2)cc1[N+](=O)[O-]. The minimum Gasteiger partial charge on any atom is -0.490 e. The molecule has 2 N–H and O–H groups in total. The van der Waals surface area contributed by atoms with E-state index < -0.39 is 4.92 Å². The molecule has 0 saturated heterocycles. The molecule has 1 heterocycles. The molecule has 0 atom stereocenters. The van der Waals surface area contributed by atoms with Crippen molar-refractivity contribution < 1.29 is 9.66 Å². The molecule has 19 heavy (non-hydrogen) atoms. The van der Waals surface area contributed by atoms with Crippen molar-refractivity contribution in [3.63, 3.8) is 0 Å². The monoisotopic (exact) mass is 262 g/mol. The zero-order valence-corrected chi connectivity index (χ0v) is 10.4. The Bertz CT molecular complexity index is 594. The summed E-state index contributed by atoms with van der Waals surface area (Å²) in [6, 6.07) is 4.85. The normalized spacial score (nSPS) is 10.4. The second kappa shape index (κ2) is 5.49. The Hall–Kier alpha value is -2.41. The lowest BCUT2D eigenvalue weighted by atomic mass is 10.2. The Kier molecular flexibility index (Phi) is 3.76. The third-order valence-corrected chi connectivity index (χ3v) is 2.71. The first-order valence-electron chi connectivity index (χ1n) is 5.66. The van der Waals surface area contributed by atoms with Gasteiger partial charge < -0.3 is 10.5 Å². The number of hydrogen-bond donors (Lipinski definition) is 1. The number of benzene rings is 1. The molecule has 0 radical (unpaired) electrons. The summed E-state index contributed by atoms with van der Waals surface area (Å²) >= 11 is 0. The molecule has 2 rings (SSSR count). The Morgan fingerprint density at radius 2 is 2.26 bits per heavy atom. The maximum atomic E-state index is 10.9. The van der Waals surface area contributed by atoms with Crippen LogP contribution >= 0.6 is 0 Å². The number of aromatic nitrogens is 2. The molecule has 0 unspecified atom stereocenters. The molecule has 100 valence electrons. The van der Waals surface area contributed by atoms with Crippen LogP contribution in [0.25, 0.3) is 0 Å². The van der Waals surface area contributed by atoms with E-state index in [0.717, 1.165) is 11.1 Å². The maximum absolute atomic E-state index is 10.9. The van der Waals surface area contributed by atoms with Crippen LogP contribution in [0.15, 0.2) is 30.6 Å². The van der Waals surface area contributed by atoms with Crippen LogP contribution in [-0.4, -0.2) is 21.8 Å². The highest BCUT2D eigenvalue weighted by molar-refractivity contribution is 5.48. The van der Waals surface area contributed by atoms with Gasteiger partial charge in [0.2, 0.25) is 0 Å². The summed E-state index contributed by atoms with van der Waals surface area (Å²) in [5, 5.41) is 15.1. The molecule has 0 spiro atoms. The fourth-order valence-corrected chi connectivity index (χ4v) is 1.76. The van der Waals surface area contributed by atoms with Crippen molar-refractivity contribution in [3.05, 3.63) is 51.8 Å². The van der Waals surface area contributed by atoms with E-state index in [1.165, 1.54) is 13.2 Å². The Balaban J connectivity index is 2.25. The zero-order chi connectivity index (χ0) is 13.8. The van der Waals surface area contributed by atoms with E-state index in [1.807, 2.05) is 6.20 Å². The molecule has 0 aliphatic heterocycles. The number of hydrogen-bond acceptors (Lipinski definition) is 5. The largest absolute Gasteiger partial charge is 0.490 e. The first-order valence-corrected chi connectivity index (χ1v) is 5.66. The highest BCUT2D eigenvalue weighted by atomic mass is 16.6. The lowest BCUT2D eigenvalue weighted by Gasteiger charge is -2.05. The topological polar surface area (TPSA) is 96.2 Å². The zero-order valence-electron chi connectivity index (χ0n) is 10.4. The number of nitrogens with zero attached hydrogens (tertiary/aromatic N) is 3. The van der Waals surface area contributed by atoms with Gasteiger partial charge in [0.15, 0.2) is 5.75 Å². The average molecular weight is 262 g/mol. The van der Waals surface area contributed by atoms with Crippen molar-refractivity contribution in [2.75, 3.05) is 7.11 Å². The van der Waals surface area contributed by atoms with Gasteiger partial charge in [-0.05, 0) is 11.6 Å². The van der Waals surface area contributed by atoms with Gasteiger partial charge in [-0.2, -0.15) is 5.10 Å². The number of ether oxygens (including phenoxy) is 1. The smallest absolute Gasteiger partial charge is 0.311 e. The lowest BCUT2D eigenvalue weighted by molar-refractivity contribution is -0.385. The van der Waals surface area contributed by atoms with Crippen LogP contribution in [0.5, 0.6) is 5.75 Å². The minimum atomic E-state index is -0.462. The van der Waals surface area contributed by atoms with Gasteiger partial charge in [-0.25, -0.2) is 0 Å². The predicted molar refractivity (Wildman–Crippen MR) is 68.9 cm³/mol. The van der Waals surface area contributed by atoms with Crippen LogP contribution in [0.1, 0.15) is 11.1 Å². The van der Waals surface area contributed by atoms with E-state index >= 15 is 0 Å². The molecule has 0 fully saturated rings. The first-order chi connectivity index (χ1) is 9.13. The second-order valence-corrected chi connectivity index (χ2v) is 4.01. The third kappa shape index (κ3) is 2.89. The summed E-state index contributed by atoms with van der Waals surface area (Å²) in [5.41, 5.74) is 7.15. The summed E-state index contributed by atoms with van der Waals surface area (Å²) in [6.45, 7) is 0.869. The highest BCUT2D eigenvalue weighted by Gasteiger charge is 2.15. The Labute approximate surface area is 109 Å². The highest BCUT2D eigenvalue weighted by Crippen LogP contribution is 2.27. The molecule has 0 aliphatic rings. The van der Waals surface area contributed by atoms with Crippen molar-refractivity contribution >= 4 is 5.69 Å². The van der Waals surface area contributed by atoms with Gasteiger partial charge in [0.25, 0.3) is 0 Å². The number of nitro benzene ring substituents is 1. The van der Waals surface area contributed by atoms with Crippen LogP contribution in [0.3, 0.4) is 0 Å². The van der Waals surface area contributed by atoms with E-state index in [-0.39, 0.29) is 11.4 Å². The van der Waals surface area contributed by atoms with Crippen LogP contribution in [0.2, 0.25) is 0 Å². The van der Waals surface area contributed by atoms with Crippen molar-refractivity contribution in [3.8, 4) is 5.75 Å². The quantitative estimate of drug-likeness (QED) is 0.647. The molecule has 0 saturated carbocycles. The molecule has 0 amide bonds. The summed E-state index contributed by atoms with van der Waals surface area (Å²) < 4.78 is 6.64. The van der Waals surface area contributed by atoms with Gasteiger partial charge in [-0.1, -0.05) is 6.07 Å². The molecule has 0 bridgehead atoms. The van der Waals surface area contributed by atoms with Crippen LogP contribution in [-0.2, 0) is 13.1 Å². The Morgan fingerprint density at radius 3 is 2.84 bits per heavy atom. The molecular weight excluding hydrogens is 248 g/mol. The molecule has 7 heteroatoms. The van der Waals surface area contributed by atoms with E-state index in [9.17, 15) is 10.1 Å². The van der Waals surface area contributed by atoms with E-state index in [4.69, 9.17) is 10.5 Å². The molecule has 2 aromatic rings. The number of nitrogens with two attached hydrogens (primary N) is 1. The van der Waals surface area contributed by atoms with Crippen LogP contribution in [0.4, 0.5) is 5.69 Å². The van der Waals surface area contributed by atoms with Crippen molar-refractivity contribution in [2.24, 2.45) is 5.73 Å². The summed E-state index contributed by atoms with van der Waals surface area (Å²) in [4.78, 5) is 10.5. The third-order valence-electron chi connectivity index (χ3n) is 2.71. The predicted octanol–water partition coefficient (Wildman–Crippen LogP) is 1.31. The molecular formula is C12H14N4O3.